The first-order chi connectivity index (χ1) is 8.63. The monoisotopic (exact) mass is 245 g/mol. The van der Waals surface area contributed by atoms with Crippen molar-refractivity contribution in [3.05, 3.63) is 41.9 Å². The van der Waals surface area contributed by atoms with E-state index < -0.39 is 0 Å². The van der Waals surface area contributed by atoms with E-state index in [9.17, 15) is 4.79 Å². The summed E-state index contributed by atoms with van der Waals surface area (Å²) in [5.41, 5.74) is 9.14. The Morgan fingerprint density at radius 1 is 1.44 bits per heavy atom. The number of hydrogen-bond acceptors (Lipinski definition) is 4. The summed E-state index contributed by atoms with van der Waals surface area (Å²) in [5.74, 6) is 0.197. The second-order valence-electron chi connectivity index (χ2n) is 4.11. The van der Waals surface area contributed by atoms with Gasteiger partial charge in [-0.15, -0.1) is 0 Å². The van der Waals surface area contributed by atoms with Gasteiger partial charge in [-0.25, -0.2) is 0 Å². The zero-order valence-electron chi connectivity index (χ0n) is 10.1. The van der Waals surface area contributed by atoms with Crippen molar-refractivity contribution in [1.29, 1.82) is 0 Å². The van der Waals surface area contributed by atoms with E-state index in [1.165, 1.54) is 13.2 Å². The maximum absolute atomic E-state index is 11.2. The lowest BCUT2D eigenvalue weighted by Gasteiger charge is -2.08. The summed E-state index contributed by atoms with van der Waals surface area (Å²) < 4.78 is 5.18. The molecule has 0 aliphatic rings. The second-order valence-corrected chi connectivity index (χ2v) is 4.11. The van der Waals surface area contributed by atoms with Crippen LogP contribution in [0.1, 0.15) is 23.0 Å². The van der Waals surface area contributed by atoms with Crippen LogP contribution < -0.4 is 5.73 Å². The Labute approximate surface area is 105 Å². The number of carbonyl (C=O) groups excluding carboxylic acids is 1. The predicted molar refractivity (Wildman–Crippen MR) is 69.4 cm³/mol. The van der Waals surface area contributed by atoms with Crippen LogP contribution in [0.15, 0.2) is 34.9 Å². The molecule has 0 amide bonds. The Hall–Kier alpha value is -2.07. The van der Waals surface area contributed by atoms with Crippen molar-refractivity contribution in [3.63, 3.8) is 0 Å². The maximum atomic E-state index is 11.2. The predicted octanol–water partition coefficient (Wildman–Crippen LogP) is 2.27. The average molecular weight is 245 g/mol. The van der Waals surface area contributed by atoms with Crippen molar-refractivity contribution in [1.82, 2.24) is 0 Å². The smallest absolute Gasteiger partial charge is 0.194 e. The topological polar surface area (TPSA) is 76.5 Å². The van der Waals surface area contributed by atoms with Crippen LogP contribution in [0.2, 0.25) is 0 Å². The molecule has 1 aromatic carbocycles. The SMILES string of the molecule is CC(=O)c1cc(-c2cccc(CCO)c2N)co1. The summed E-state index contributed by atoms with van der Waals surface area (Å²) in [5, 5.41) is 8.96. The highest BCUT2D eigenvalue weighted by molar-refractivity contribution is 5.93. The van der Waals surface area contributed by atoms with Crippen molar-refractivity contribution >= 4 is 11.5 Å². The molecule has 2 aromatic rings. The van der Waals surface area contributed by atoms with Gasteiger partial charge in [-0.3, -0.25) is 4.79 Å². The van der Waals surface area contributed by atoms with E-state index in [4.69, 9.17) is 15.3 Å². The van der Waals surface area contributed by atoms with Crippen LogP contribution in [0.3, 0.4) is 0 Å². The fourth-order valence-corrected chi connectivity index (χ4v) is 1.87. The van der Waals surface area contributed by atoms with Gasteiger partial charge in [0.05, 0.1) is 6.26 Å². The number of rotatable bonds is 4. The third kappa shape index (κ3) is 2.28. The molecule has 4 nitrogen and oxygen atoms in total. The van der Waals surface area contributed by atoms with E-state index in [1.54, 1.807) is 6.07 Å². The van der Waals surface area contributed by atoms with Gasteiger partial charge in [0, 0.05) is 30.3 Å². The van der Waals surface area contributed by atoms with Crippen LogP contribution >= 0.6 is 0 Å². The number of carbonyl (C=O) groups is 1. The van der Waals surface area contributed by atoms with Crippen molar-refractivity contribution < 1.29 is 14.3 Å². The van der Waals surface area contributed by atoms with Gasteiger partial charge in [-0.2, -0.15) is 0 Å². The molecule has 3 N–H and O–H groups in total. The Bertz CT molecular complexity index is 572. The lowest BCUT2D eigenvalue weighted by molar-refractivity contribution is 0.0987. The lowest BCUT2D eigenvalue weighted by Crippen LogP contribution is -1.99. The number of ketones is 1. The fourth-order valence-electron chi connectivity index (χ4n) is 1.87. The molecule has 0 bridgehead atoms. The maximum Gasteiger partial charge on any atom is 0.194 e. The van der Waals surface area contributed by atoms with Gasteiger partial charge in [-0.1, -0.05) is 18.2 Å². The zero-order chi connectivity index (χ0) is 13.1. The number of hydrogen-bond donors (Lipinski definition) is 2. The molecule has 0 saturated heterocycles. The minimum absolute atomic E-state index is 0.0533. The van der Waals surface area contributed by atoms with Gasteiger partial charge in [-0.05, 0) is 18.1 Å². The molecule has 0 aliphatic heterocycles. The van der Waals surface area contributed by atoms with E-state index in [-0.39, 0.29) is 12.4 Å². The lowest BCUT2D eigenvalue weighted by atomic mass is 10.0. The Kier molecular flexibility index (Phi) is 3.48. The number of aliphatic hydroxyl groups excluding tert-OH is 1. The highest BCUT2D eigenvalue weighted by Gasteiger charge is 2.11. The number of Topliss-reactive ketones (excluding diaryl/α,β-unsaturated/α-hetero) is 1. The van der Waals surface area contributed by atoms with Crippen LogP contribution in [0, 0.1) is 0 Å². The highest BCUT2D eigenvalue weighted by Crippen LogP contribution is 2.30. The zero-order valence-corrected chi connectivity index (χ0v) is 10.1. The standard InChI is InChI=1S/C14H15NO3/c1-9(17)13-7-11(8-18-13)12-4-2-3-10(5-6-16)14(12)15/h2-4,7-8,16H,5-6,15H2,1H3. The van der Waals surface area contributed by atoms with Gasteiger partial charge in [0.1, 0.15) is 0 Å². The van der Waals surface area contributed by atoms with Gasteiger partial charge in [0.15, 0.2) is 11.5 Å². The number of anilines is 1. The molecule has 0 fully saturated rings. The van der Waals surface area contributed by atoms with E-state index in [0.29, 0.717) is 17.9 Å². The van der Waals surface area contributed by atoms with Crippen LogP contribution in [0.5, 0.6) is 0 Å². The highest BCUT2D eigenvalue weighted by atomic mass is 16.3. The molecule has 0 spiro atoms. The molecule has 1 heterocycles. The molecular weight excluding hydrogens is 230 g/mol. The number of benzene rings is 1. The quantitative estimate of drug-likeness (QED) is 0.640. The molecule has 0 atom stereocenters. The molecular formula is C14H15NO3. The van der Waals surface area contributed by atoms with Crippen molar-refractivity contribution in [2.24, 2.45) is 0 Å². The number of furan rings is 1. The van der Waals surface area contributed by atoms with Crippen LogP contribution in [0.25, 0.3) is 11.1 Å². The van der Waals surface area contributed by atoms with Crippen LogP contribution in [-0.2, 0) is 6.42 Å². The van der Waals surface area contributed by atoms with E-state index in [0.717, 1.165) is 16.7 Å². The van der Waals surface area contributed by atoms with Crippen molar-refractivity contribution in [3.8, 4) is 11.1 Å². The number of nitrogens with two attached hydrogens (primary N) is 1. The van der Waals surface area contributed by atoms with Gasteiger partial charge < -0.3 is 15.3 Å². The summed E-state index contributed by atoms with van der Waals surface area (Å²) >= 11 is 0. The molecule has 0 radical (unpaired) electrons. The Balaban J connectivity index is 2.43. The molecule has 0 saturated carbocycles. The molecule has 0 unspecified atom stereocenters. The number of aliphatic hydroxyl groups is 1. The minimum Gasteiger partial charge on any atom is -0.461 e. The summed E-state index contributed by atoms with van der Waals surface area (Å²) in [6, 6.07) is 7.29. The normalized spacial score (nSPS) is 10.6. The molecule has 2 rings (SSSR count). The number of nitrogen functional groups attached to an aromatic ring is 1. The minimum atomic E-state index is -0.119. The first kappa shape index (κ1) is 12.4. The largest absolute Gasteiger partial charge is 0.461 e. The summed E-state index contributed by atoms with van der Waals surface area (Å²) in [6.07, 6.45) is 2.03. The third-order valence-corrected chi connectivity index (χ3v) is 2.84. The first-order valence-electron chi connectivity index (χ1n) is 5.71. The third-order valence-electron chi connectivity index (χ3n) is 2.84. The van der Waals surface area contributed by atoms with E-state index in [2.05, 4.69) is 0 Å². The molecule has 4 heteroatoms. The molecule has 94 valence electrons. The summed E-state index contributed by atoms with van der Waals surface area (Å²) in [4.78, 5) is 11.2. The Morgan fingerprint density at radius 3 is 2.83 bits per heavy atom. The second kappa shape index (κ2) is 5.06. The van der Waals surface area contributed by atoms with Crippen molar-refractivity contribution in [2.45, 2.75) is 13.3 Å². The van der Waals surface area contributed by atoms with Crippen LogP contribution in [0.4, 0.5) is 5.69 Å². The van der Waals surface area contributed by atoms with E-state index >= 15 is 0 Å². The van der Waals surface area contributed by atoms with E-state index in [1.807, 2.05) is 18.2 Å². The molecule has 0 aliphatic carbocycles. The fraction of sp³-hybridized carbons (Fsp3) is 0.214. The Morgan fingerprint density at radius 2 is 2.22 bits per heavy atom. The van der Waals surface area contributed by atoms with Crippen molar-refractivity contribution in [2.75, 3.05) is 12.3 Å². The van der Waals surface area contributed by atoms with Crippen LogP contribution in [-0.4, -0.2) is 17.5 Å². The van der Waals surface area contributed by atoms with Gasteiger partial charge in [0.25, 0.3) is 0 Å². The van der Waals surface area contributed by atoms with Gasteiger partial charge >= 0.3 is 0 Å². The first-order valence-corrected chi connectivity index (χ1v) is 5.71. The molecule has 18 heavy (non-hydrogen) atoms. The molecule has 1 aromatic heterocycles. The summed E-state index contributed by atoms with van der Waals surface area (Å²) in [6.45, 7) is 1.51. The summed E-state index contributed by atoms with van der Waals surface area (Å²) in [7, 11) is 0. The van der Waals surface area contributed by atoms with Gasteiger partial charge in [0.2, 0.25) is 0 Å². The average Bonchev–Trinajstić information content (AvgIpc) is 2.81. The number of para-hydroxylation sites is 1.